The van der Waals surface area contributed by atoms with Crippen molar-refractivity contribution in [3.63, 3.8) is 0 Å². The van der Waals surface area contributed by atoms with Crippen LogP contribution in [0.4, 0.5) is 5.69 Å². The van der Waals surface area contributed by atoms with Gasteiger partial charge >= 0.3 is 7.12 Å². The number of aromatic hydroxyl groups is 1. The van der Waals surface area contributed by atoms with Crippen molar-refractivity contribution in [3.8, 4) is 5.75 Å². The summed E-state index contributed by atoms with van der Waals surface area (Å²) in [5.41, 5.74) is 3.87. The predicted octanol–water partition coefficient (Wildman–Crippen LogP) is 2.53. The van der Waals surface area contributed by atoms with Crippen molar-refractivity contribution in [2.45, 2.75) is 52.1 Å². The topological polar surface area (TPSA) is 139 Å². The maximum Gasteiger partial charge on any atom is 0.488 e. The van der Waals surface area contributed by atoms with E-state index in [0.29, 0.717) is 31.3 Å². The molecule has 9 heteroatoms. The maximum atomic E-state index is 13.7. The molecule has 39 heavy (non-hydrogen) atoms. The summed E-state index contributed by atoms with van der Waals surface area (Å²) in [5.74, 6) is -2.79. The molecular weight excluding hydrogens is 497 g/mol. The van der Waals surface area contributed by atoms with Gasteiger partial charge in [-0.05, 0) is 73.5 Å². The highest BCUT2D eigenvalue weighted by atomic mass is 16.4. The Morgan fingerprint density at radius 1 is 1.13 bits per heavy atom. The molecule has 1 saturated heterocycles. The number of fused-ring (bicyclic) bond motifs is 1. The van der Waals surface area contributed by atoms with E-state index >= 15 is 0 Å². The van der Waals surface area contributed by atoms with Gasteiger partial charge in [0.1, 0.15) is 5.75 Å². The van der Waals surface area contributed by atoms with Gasteiger partial charge in [0.2, 0.25) is 11.8 Å². The third kappa shape index (κ3) is 6.02. The van der Waals surface area contributed by atoms with Crippen LogP contribution < -0.4 is 10.4 Å². The lowest BCUT2D eigenvalue weighted by Crippen LogP contribution is -2.39. The lowest BCUT2D eigenvalue weighted by molar-refractivity contribution is -0.123. The fourth-order valence-electron chi connectivity index (χ4n) is 6.07. The van der Waals surface area contributed by atoms with Gasteiger partial charge in [-0.25, -0.2) is 0 Å². The van der Waals surface area contributed by atoms with Crippen LogP contribution in [0, 0.1) is 17.8 Å². The summed E-state index contributed by atoms with van der Waals surface area (Å²) in [6, 6.07) is 12.9. The van der Waals surface area contributed by atoms with Crippen molar-refractivity contribution in [2.24, 2.45) is 17.8 Å². The second-order valence-electron chi connectivity index (χ2n) is 10.6. The Morgan fingerprint density at radius 3 is 2.54 bits per heavy atom. The molecule has 1 aliphatic heterocycles. The van der Waals surface area contributed by atoms with Gasteiger partial charge < -0.3 is 25.4 Å². The lowest BCUT2D eigenvalue weighted by Gasteiger charge is -2.36. The molecule has 1 aliphatic carbocycles. The van der Waals surface area contributed by atoms with Crippen LogP contribution >= 0.6 is 0 Å². The highest BCUT2D eigenvalue weighted by Crippen LogP contribution is 2.48. The van der Waals surface area contributed by atoms with Crippen molar-refractivity contribution >= 4 is 36.2 Å². The second-order valence-corrected chi connectivity index (χ2v) is 10.6. The Balaban J connectivity index is 1.60. The van der Waals surface area contributed by atoms with E-state index in [2.05, 4.69) is 0 Å². The van der Waals surface area contributed by atoms with Gasteiger partial charge in [-0.2, -0.15) is 0 Å². The molecule has 4 rings (SSSR count). The van der Waals surface area contributed by atoms with Gasteiger partial charge in [-0.15, -0.1) is 0 Å². The van der Waals surface area contributed by atoms with Crippen molar-refractivity contribution in [3.05, 3.63) is 70.8 Å². The molecular formula is C30H36BNO7. The van der Waals surface area contributed by atoms with Crippen LogP contribution in [0.3, 0.4) is 0 Å². The molecule has 0 saturated carbocycles. The second kappa shape index (κ2) is 12.3. The number of allylic oxidation sites excluding steroid dienone is 2. The first-order valence-electron chi connectivity index (χ1n) is 13.5. The van der Waals surface area contributed by atoms with E-state index in [1.165, 1.54) is 12.1 Å². The first-order valence-corrected chi connectivity index (χ1v) is 13.5. The van der Waals surface area contributed by atoms with Gasteiger partial charge in [-0.3, -0.25) is 14.5 Å². The molecule has 0 unspecified atom stereocenters. The number of phenols is 1. The van der Waals surface area contributed by atoms with Gasteiger partial charge in [-0.1, -0.05) is 54.8 Å². The minimum atomic E-state index is -1.74. The van der Waals surface area contributed by atoms with Crippen LogP contribution in [-0.4, -0.2) is 57.0 Å². The zero-order chi connectivity index (χ0) is 28.3. The quantitative estimate of drug-likeness (QED) is 0.180. The Kier molecular flexibility index (Phi) is 9.07. The number of phenolic OH excluding ortho intramolecular Hbond substituents is 1. The molecule has 0 spiro atoms. The Hall–Kier alpha value is -3.24. The average molecular weight is 533 g/mol. The summed E-state index contributed by atoms with van der Waals surface area (Å²) in [6.07, 6.45) is 3.80. The van der Waals surface area contributed by atoms with Gasteiger partial charge in [0, 0.05) is 5.92 Å². The number of anilines is 1. The number of hydrogen-bond acceptors (Lipinski definition) is 7. The molecule has 0 bridgehead atoms. The minimum absolute atomic E-state index is 0.164. The molecule has 4 atom stereocenters. The number of carbonyl (C=O) groups is 2. The van der Waals surface area contributed by atoms with E-state index in [1.807, 2.05) is 26.0 Å². The summed E-state index contributed by atoms with van der Waals surface area (Å²) in [5, 5.41) is 50.7. The number of benzene rings is 2. The Morgan fingerprint density at radius 2 is 1.87 bits per heavy atom. The SMILES string of the molecule is CCCC1=C([C@H](O)CC/C(C)=C/c2cccc(O)c2)[C@H](CO)[C@@H]2C(=O)N(c3cccc(B(O)O)c3)C(=O)[C@@H]2C1. The molecule has 2 aromatic rings. The maximum absolute atomic E-state index is 13.7. The van der Waals surface area contributed by atoms with Crippen molar-refractivity contribution in [1.82, 2.24) is 0 Å². The van der Waals surface area contributed by atoms with Crippen LogP contribution in [0.15, 0.2) is 65.3 Å². The minimum Gasteiger partial charge on any atom is -0.508 e. The molecule has 2 aliphatic rings. The van der Waals surface area contributed by atoms with E-state index in [4.69, 9.17) is 0 Å². The van der Waals surface area contributed by atoms with E-state index in [0.717, 1.165) is 28.0 Å². The van der Waals surface area contributed by atoms with Crippen LogP contribution in [0.25, 0.3) is 6.08 Å². The van der Waals surface area contributed by atoms with Gasteiger partial charge in [0.05, 0.1) is 30.2 Å². The fourth-order valence-corrected chi connectivity index (χ4v) is 6.07. The molecule has 0 radical (unpaired) electrons. The Bertz CT molecular complexity index is 1290. The van der Waals surface area contributed by atoms with Gasteiger partial charge in [0.15, 0.2) is 0 Å². The summed E-state index contributed by atoms with van der Waals surface area (Å²) in [7, 11) is -1.74. The molecule has 0 aromatic heterocycles. The normalized spacial score (nSPS) is 22.4. The number of amides is 2. The third-order valence-corrected chi connectivity index (χ3v) is 7.81. The van der Waals surface area contributed by atoms with Crippen molar-refractivity contribution in [2.75, 3.05) is 11.5 Å². The molecule has 2 aromatic carbocycles. The number of hydrogen-bond donors (Lipinski definition) is 5. The van der Waals surface area contributed by atoms with E-state index in [1.54, 1.807) is 30.3 Å². The van der Waals surface area contributed by atoms with Crippen LogP contribution in [0.1, 0.15) is 51.5 Å². The van der Waals surface area contributed by atoms with E-state index < -0.39 is 36.9 Å². The van der Waals surface area contributed by atoms with Crippen LogP contribution in [-0.2, 0) is 9.59 Å². The van der Waals surface area contributed by atoms with Crippen LogP contribution in [0.5, 0.6) is 5.75 Å². The Labute approximate surface area is 229 Å². The molecule has 1 heterocycles. The van der Waals surface area contributed by atoms with E-state index in [9.17, 15) is 35.0 Å². The van der Waals surface area contributed by atoms with E-state index in [-0.39, 0.29) is 29.4 Å². The standard InChI is InChI=1S/C30H36BNO7/c1-3-6-20-15-24-28(30(37)32(29(24)36)22-9-5-8-21(16-22)31(38)39)25(17-33)27(20)26(35)12-11-18(2)13-19-7-4-10-23(34)14-19/h4-5,7-10,13-14,16,24-26,28,33-35,38-39H,3,6,11-12,15,17H2,1-2H3/b18-13+/t24-,25+,26-,28-/m1/s1. The predicted molar refractivity (Wildman–Crippen MR) is 150 cm³/mol. The monoisotopic (exact) mass is 533 g/mol. The summed E-state index contributed by atoms with van der Waals surface area (Å²) < 4.78 is 0. The number of carbonyl (C=O) groups excluding carboxylic acids is 2. The van der Waals surface area contributed by atoms with Crippen molar-refractivity contribution in [1.29, 1.82) is 0 Å². The number of nitrogens with zero attached hydrogens (tertiary/aromatic N) is 1. The average Bonchev–Trinajstić information content (AvgIpc) is 3.15. The number of aliphatic hydroxyl groups excluding tert-OH is 2. The molecule has 5 N–H and O–H groups in total. The molecule has 206 valence electrons. The lowest BCUT2D eigenvalue weighted by atomic mass is 9.67. The summed E-state index contributed by atoms with van der Waals surface area (Å²) in [4.78, 5) is 28.3. The van der Waals surface area contributed by atoms with Gasteiger partial charge in [0.25, 0.3) is 0 Å². The molecule has 8 nitrogen and oxygen atoms in total. The highest BCUT2D eigenvalue weighted by Gasteiger charge is 2.55. The number of aliphatic hydroxyl groups is 2. The zero-order valence-electron chi connectivity index (χ0n) is 22.3. The largest absolute Gasteiger partial charge is 0.508 e. The first kappa shape index (κ1) is 28.8. The number of rotatable bonds is 10. The third-order valence-electron chi connectivity index (χ3n) is 7.81. The highest BCUT2D eigenvalue weighted by molar-refractivity contribution is 6.58. The summed E-state index contributed by atoms with van der Waals surface area (Å²) in [6.45, 7) is 3.59. The molecule has 1 fully saturated rings. The molecule has 2 amide bonds. The fraction of sp³-hybridized carbons (Fsp3) is 0.400. The van der Waals surface area contributed by atoms with Crippen LogP contribution in [0.2, 0.25) is 0 Å². The summed E-state index contributed by atoms with van der Waals surface area (Å²) >= 11 is 0. The zero-order valence-corrected chi connectivity index (χ0v) is 22.3. The number of imide groups is 1. The first-order chi connectivity index (χ1) is 18.7. The smallest absolute Gasteiger partial charge is 0.488 e. The van der Waals surface area contributed by atoms with Crippen molar-refractivity contribution < 1.29 is 35.0 Å².